The number of rotatable bonds is 7. The van der Waals surface area contributed by atoms with E-state index in [9.17, 15) is 15.0 Å². The molecule has 1 saturated heterocycles. The fraction of sp³-hybridized carbons (Fsp3) is 0.571. The number of aromatic nitrogens is 4. The molecule has 1 amide bonds. The molecule has 3 heterocycles. The third-order valence-corrected chi connectivity index (χ3v) is 6.45. The summed E-state index contributed by atoms with van der Waals surface area (Å²) in [5.41, 5.74) is 17.3. The van der Waals surface area contributed by atoms with Gasteiger partial charge in [0.1, 0.15) is 0 Å². The zero-order valence-corrected chi connectivity index (χ0v) is 15.5. The van der Waals surface area contributed by atoms with Crippen LogP contribution in [0, 0.1) is 0 Å². The van der Waals surface area contributed by atoms with Crippen molar-refractivity contribution in [3.05, 3.63) is 12.5 Å². The Balaban J connectivity index is 1.64. The molecule has 1 aliphatic rings. The molecule has 11 nitrogen and oxygen atoms in total. The van der Waals surface area contributed by atoms with Crippen molar-refractivity contribution in [2.24, 2.45) is 11.5 Å². The van der Waals surface area contributed by atoms with Crippen LogP contribution in [0.15, 0.2) is 12.5 Å². The van der Waals surface area contributed by atoms with Crippen molar-refractivity contribution < 1.29 is 19.7 Å². The van der Waals surface area contributed by atoms with Crippen molar-refractivity contribution in [1.82, 2.24) is 19.5 Å². The number of aliphatic hydroxyl groups excluding tert-OH is 2. The number of fused-ring (bicyclic) bond motifs is 1. The van der Waals surface area contributed by atoms with E-state index in [2.05, 4.69) is 15.0 Å². The number of imidazole rings is 1. The molecule has 1 aliphatic heterocycles. The SMILES string of the molecule is NC(=O)[C@@H](N)CC[Se]C[C@H]1O[C@@H](n2cnc3cnc(N)nc32)[C@H](O)[C@@H]1O. The minimum atomic E-state index is -1.13. The Bertz CT molecular complexity index is 788. The third-order valence-electron chi connectivity index (χ3n) is 4.17. The van der Waals surface area contributed by atoms with Crippen LogP contribution in [-0.2, 0) is 9.53 Å². The van der Waals surface area contributed by atoms with Gasteiger partial charge in [0, 0.05) is 0 Å². The Labute approximate surface area is 155 Å². The quantitative estimate of drug-likeness (QED) is 0.239. The van der Waals surface area contributed by atoms with Gasteiger partial charge >= 0.3 is 155 Å². The van der Waals surface area contributed by atoms with E-state index in [0.29, 0.717) is 22.9 Å². The van der Waals surface area contributed by atoms with Crippen molar-refractivity contribution >= 4 is 38.0 Å². The van der Waals surface area contributed by atoms with Crippen LogP contribution in [0.2, 0.25) is 10.6 Å². The second-order valence-electron chi connectivity index (χ2n) is 6.01. The predicted octanol–water partition coefficient (Wildman–Crippen LogP) is -2.23. The fourth-order valence-electron chi connectivity index (χ4n) is 2.67. The minimum absolute atomic E-state index is 0.0803. The number of nitrogens with two attached hydrogens (primary N) is 3. The fourth-order valence-corrected chi connectivity index (χ4v) is 4.97. The van der Waals surface area contributed by atoms with Crippen LogP contribution in [0.25, 0.3) is 11.2 Å². The maximum atomic E-state index is 10.9. The van der Waals surface area contributed by atoms with E-state index in [1.807, 2.05) is 0 Å². The van der Waals surface area contributed by atoms with Crippen LogP contribution in [0.1, 0.15) is 12.6 Å². The number of nitrogens with zero attached hydrogens (tertiary/aromatic N) is 4. The zero-order chi connectivity index (χ0) is 18.8. The van der Waals surface area contributed by atoms with Gasteiger partial charge in [-0.2, -0.15) is 0 Å². The van der Waals surface area contributed by atoms with Crippen molar-refractivity contribution in [3.8, 4) is 0 Å². The van der Waals surface area contributed by atoms with Gasteiger partial charge in [-0.05, 0) is 0 Å². The molecule has 12 heteroatoms. The molecule has 0 saturated carbocycles. The van der Waals surface area contributed by atoms with Crippen LogP contribution in [-0.4, -0.2) is 74.9 Å². The van der Waals surface area contributed by atoms with Crippen molar-refractivity contribution in [2.45, 2.75) is 47.6 Å². The van der Waals surface area contributed by atoms with Crippen molar-refractivity contribution in [1.29, 1.82) is 0 Å². The average Bonchev–Trinajstić information content (AvgIpc) is 3.13. The summed E-state index contributed by atoms with van der Waals surface area (Å²) in [6.45, 7) is 0. The number of primary amides is 1. The summed E-state index contributed by atoms with van der Waals surface area (Å²) in [4.78, 5) is 23.1. The Kier molecular flexibility index (Phi) is 5.70. The molecule has 2 aromatic heterocycles. The van der Waals surface area contributed by atoms with E-state index in [4.69, 9.17) is 21.9 Å². The molecule has 0 aliphatic carbocycles. The number of carbonyl (C=O) groups is 1. The summed E-state index contributed by atoms with van der Waals surface area (Å²) in [6.07, 6.45) is -0.0743. The molecule has 0 aromatic carbocycles. The van der Waals surface area contributed by atoms with E-state index < -0.39 is 36.5 Å². The van der Waals surface area contributed by atoms with E-state index in [1.54, 1.807) is 0 Å². The summed E-state index contributed by atoms with van der Waals surface area (Å²) in [7, 11) is 0. The first-order valence-electron chi connectivity index (χ1n) is 7.97. The van der Waals surface area contributed by atoms with Gasteiger partial charge in [0.15, 0.2) is 0 Å². The summed E-state index contributed by atoms with van der Waals surface area (Å²) >= 11 is 0.0803. The number of hydrogen-bond acceptors (Lipinski definition) is 9. The first-order valence-corrected chi connectivity index (χ1v) is 10.4. The summed E-state index contributed by atoms with van der Waals surface area (Å²) in [5, 5.41) is 22.0. The summed E-state index contributed by atoms with van der Waals surface area (Å²) < 4.78 is 7.39. The molecule has 0 bridgehead atoms. The van der Waals surface area contributed by atoms with Gasteiger partial charge in [0.25, 0.3) is 0 Å². The van der Waals surface area contributed by atoms with E-state index >= 15 is 0 Å². The number of ether oxygens (including phenoxy) is 1. The molecule has 2 aromatic rings. The van der Waals surface area contributed by atoms with Crippen LogP contribution < -0.4 is 17.2 Å². The Morgan fingerprint density at radius 2 is 2.15 bits per heavy atom. The average molecular weight is 430 g/mol. The third kappa shape index (κ3) is 3.80. The van der Waals surface area contributed by atoms with Crippen molar-refractivity contribution in [2.75, 3.05) is 5.73 Å². The second-order valence-corrected chi connectivity index (χ2v) is 8.42. The number of amides is 1. The monoisotopic (exact) mass is 431 g/mol. The predicted molar refractivity (Wildman–Crippen MR) is 92.8 cm³/mol. The maximum absolute atomic E-state index is 10.9. The van der Waals surface area contributed by atoms with Crippen LogP contribution in [0.3, 0.4) is 0 Å². The Morgan fingerprint density at radius 3 is 2.88 bits per heavy atom. The number of hydrogen-bond donors (Lipinski definition) is 5. The Hall–Kier alpha value is -1.82. The number of anilines is 1. The van der Waals surface area contributed by atoms with Gasteiger partial charge in [0.2, 0.25) is 0 Å². The van der Waals surface area contributed by atoms with Crippen molar-refractivity contribution in [3.63, 3.8) is 0 Å². The molecule has 5 atom stereocenters. The van der Waals surface area contributed by atoms with Gasteiger partial charge in [-0.1, -0.05) is 0 Å². The number of carbonyl (C=O) groups excluding carboxylic acids is 1. The molecule has 0 unspecified atom stereocenters. The molecular weight excluding hydrogens is 409 g/mol. The van der Waals surface area contributed by atoms with Gasteiger partial charge < -0.3 is 0 Å². The molecule has 8 N–H and O–H groups in total. The van der Waals surface area contributed by atoms with Gasteiger partial charge in [0.05, 0.1) is 0 Å². The van der Waals surface area contributed by atoms with E-state index in [1.165, 1.54) is 17.1 Å². The van der Waals surface area contributed by atoms with Gasteiger partial charge in [-0.15, -0.1) is 0 Å². The van der Waals surface area contributed by atoms with Crippen LogP contribution in [0.4, 0.5) is 5.95 Å². The molecule has 26 heavy (non-hydrogen) atoms. The van der Waals surface area contributed by atoms with Crippen LogP contribution >= 0.6 is 0 Å². The molecule has 1 fully saturated rings. The molecule has 0 spiro atoms. The molecular formula is C14H21N7O4Se. The standard InChI is InChI=1S/C14H21N7O4Se/c15-6(11(16)24)1-2-26-4-8-9(22)10(23)13(25-8)21-5-19-7-3-18-14(17)20-12(7)21/h3,5-6,8-10,13,22-23H,1-2,4,15H2,(H2,16,24)(H2,17,18,20)/t6-,8+,9+,10+,13+/m0/s1. The number of aliphatic hydroxyl groups is 2. The molecule has 142 valence electrons. The Morgan fingerprint density at radius 1 is 1.38 bits per heavy atom. The molecule has 3 rings (SSSR count). The first-order chi connectivity index (χ1) is 12.4. The second kappa shape index (κ2) is 7.82. The first kappa shape index (κ1) is 19.0. The zero-order valence-electron chi connectivity index (χ0n) is 13.8. The van der Waals surface area contributed by atoms with Gasteiger partial charge in [-0.3, -0.25) is 0 Å². The molecule has 0 radical (unpaired) electrons. The summed E-state index contributed by atoms with van der Waals surface area (Å²) in [5.74, 6) is -0.445. The summed E-state index contributed by atoms with van der Waals surface area (Å²) in [6, 6.07) is -0.660. The van der Waals surface area contributed by atoms with Crippen LogP contribution in [0.5, 0.6) is 0 Å². The normalized spacial score (nSPS) is 27.0. The van der Waals surface area contributed by atoms with E-state index in [-0.39, 0.29) is 20.9 Å². The van der Waals surface area contributed by atoms with E-state index in [0.717, 1.165) is 5.32 Å². The number of nitrogen functional groups attached to an aromatic ring is 1. The van der Waals surface area contributed by atoms with Gasteiger partial charge in [-0.25, -0.2) is 0 Å². The topological polar surface area (TPSA) is 188 Å².